The SMILES string of the molecule is Nc1ccc(Br)cc1N1CC(S(=O)(=O)F)CC1=O. The highest BCUT2D eigenvalue weighted by Gasteiger charge is 2.39. The number of nitrogens with two attached hydrogens (primary N) is 1. The van der Waals surface area contributed by atoms with Crippen LogP contribution in [0, 0.1) is 0 Å². The van der Waals surface area contributed by atoms with Crippen molar-refractivity contribution in [2.75, 3.05) is 17.2 Å². The fourth-order valence-electron chi connectivity index (χ4n) is 1.85. The summed E-state index contributed by atoms with van der Waals surface area (Å²) in [4.78, 5) is 12.9. The lowest BCUT2D eigenvalue weighted by atomic mass is 10.2. The first-order chi connectivity index (χ1) is 8.29. The zero-order chi connectivity index (χ0) is 13.5. The van der Waals surface area contributed by atoms with E-state index < -0.39 is 21.4 Å². The molecule has 1 heterocycles. The van der Waals surface area contributed by atoms with Crippen LogP contribution < -0.4 is 10.6 Å². The number of rotatable bonds is 2. The minimum absolute atomic E-state index is 0.210. The number of halogens is 2. The Morgan fingerprint density at radius 1 is 1.44 bits per heavy atom. The zero-order valence-electron chi connectivity index (χ0n) is 9.14. The van der Waals surface area contributed by atoms with Crippen LogP contribution in [0.2, 0.25) is 0 Å². The standard InChI is InChI=1S/C10H10BrFN2O3S/c11-6-1-2-8(13)9(3-6)14-5-7(4-10(14)15)18(12,16)17/h1-3,7H,4-5,13H2. The summed E-state index contributed by atoms with van der Waals surface area (Å²) in [7, 11) is -4.71. The number of nitrogen functional groups attached to an aromatic ring is 1. The topological polar surface area (TPSA) is 80.5 Å². The summed E-state index contributed by atoms with van der Waals surface area (Å²) < 4.78 is 35.2. The third-order valence-corrected chi connectivity index (χ3v) is 4.38. The van der Waals surface area contributed by atoms with Crippen LogP contribution in [0.5, 0.6) is 0 Å². The molecular formula is C10H10BrFN2O3S. The van der Waals surface area contributed by atoms with Gasteiger partial charge in [0, 0.05) is 17.4 Å². The minimum atomic E-state index is -4.71. The summed E-state index contributed by atoms with van der Waals surface area (Å²) in [6.07, 6.45) is -0.356. The number of benzene rings is 1. The van der Waals surface area contributed by atoms with Gasteiger partial charge in [0.1, 0.15) is 5.25 Å². The summed E-state index contributed by atoms with van der Waals surface area (Å²) >= 11 is 3.23. The maximum absolute atomic E-state index is 12.9. The van der Waals surface area contributed by atoms with Crippen molar-refractivity contribution in [3.05, 3.63) is 22.7 Å². The smallest absolute Gasteiger partial charge is 0.307 e. The molecule has 1 aromatic rings. The number of hydrogen-bond acceptors (Lipinski definition) is 4. The number of nitrogens with zero attached hydrogens (tertiary/aromatic N) is 1. The molecule has 0 radical (unpaired) electrons. The predicted octanol–water partition coefficient (Wildman–Crippen LogP) is 1.44. The van der Waals surface area contributed by atoms with Gasteiger partial charge in [0.05, 0.1) is 11.4 Å². The molecule has 1 aromatic carbocycles. The monoisotopic (exact) mass is 336 g/mol. The first kappa shape index (κ1) is 13.3. The molecule has 8 heteroatoms. The number of amides is 1. The van der Waals surface area contributed by atoms with E-state index in [-0.39, 0.29) is 13.0 Å². The Labute approximate surface area is 112 Å². The van der Waals surface area contributed by atoms with Crippen LogP contribution in [0.25, 0.3) is 0 Å². The zero-order valence-corrected chi connectivity index (χ0v) is 11.5. The van der Waals surface area contributed by atoms with Crippen LogP contribution in [0.4, 0.5) is 15.3 Å². The summed E-state index contributed by atoms with van der Waals surface area (Å²) in [5, 5.41) is -1.32. The van der Waals surface area contributed by atoms with E-state index in [0.717, 1.165) is 0 Å². The second-order valence-electron chi connectivity index (χ2n) is 4.01. The van der Waals surface area contributed by atoms with E-state index in [1.807, 2.05) is 0 Å². The van der Waals surface area contributed by atoms with Crippen LogP contribution >= 0.6 is 15.9 Å². The van der Waals surface area contributed by atoms with E-state index in [4.69, 9.17) is 5.73 Å². The normalized spacial score (nSPS) is 20.4. The maximum atomic E-state index is 12.9. The second kappa shape index (κ2) is 4.51. The highest BCUT2D eigenvalue weighted by Crippen LogP contribution is 2.32. The van der Waals surface area contributed by atoms with Gasteiger partial charge in [-0.25, -0.2) is 0 Å². The van der Waals surface area contributed by atoms with Gasteiger partial charge in [-0.2, -0.15) is 8.42 Å². The maximum Gasteiger partial charge on any atom is 0.307 e. The van der Waals surface area contributed by atoms with Crippen LogP contribution in [0.15, 0.2) is 22.7 Å². The Balaban J connectivity index is 2.35. The van der Waals surface area contributed by atoms with E-state index >= 15 is 0 Å². The van der Waals surface area contributed by atoms with Crippen molar-refractivity contribution in [2.24, 2.45) is 0 Å². The van der Waals surface area contributed by atoms with E-state index in [1.54, 1.807) is 18.2 Å². The lowest BCUT2D eigenvalue weighted by Crippen LogP contribution is -2.27. The average Bonchev–Trinajstić information content (AvgIpc) is 2.64. The molecule has 18 heavy (non-hydrogen) atoms. The lowest BCUT2D eigenvalue weighted by molar-refractivity contribution is -0.117. The van der Waals surface area contributed by atoms with E-state index in [9.17, 15) is 17.1 Å². The molecule has 0 bridgehead atoms. The fraction of sp³-hybridized carbons (Fsp3) is 0.300. The first-order valence-corrected chi connectivity index (χ1v) is 7.32. The van der Waals surface area contributed by atoms with Crippen molar-refractivity contribution in [1.29, 1.82) is 0 Å². The van der Waals surface area contributed by atoms with E-state index in [2.05, 4.69) is 15.9 Å². The van der Waals surface area contributed by atoms with E-state index in [0.29, 0.717) is 15.8 Å². The molecule has 0 saturated carbocycles. The third kappa shape index (κ3) is 2.49. The Kier molecular flexibility index (Phi) is 3.33. The van der Waals surface area contributed by atoms with Crippen LogP contribution in [-0.2, 0) is 15.0 Å². The van der Waals surface area contributed by atoms with Gasteiger partial charge in [-0.3, -0.25) is 4.79 Å². The molecule has 1 aliphatic heterocycles. The van der Waals surface area contributed by atoms with Gasteiger partial charge < -0.3 is 10.6 Å². The minimum Gasteiger partial charge on any atom is -0.397 e. The molecule has 0 spiro atoms. The number of carbonyl (C=O) groups excluding carboxylic acids is 1. The summed E-state index contributed by atoms with van der Waals surface area (Å²) in [5.41, 5.74) is 6.45. The molecule has 0 aliphatic carbocycles. The molecule has 2 N–H and O–H groups in total. The molecule has 0 aromatic heterocycles. The number of anilines is 2. The lowest BCUT2D eigenvalue weighted by Gasteiger charge is -2.18. The molecule has 1 atom stereocenters. The second-order valence-corrected chi connectivity index (χ2v) is 6.54. The molecule has 1 amide bonds. The van der Waals surface area contributed by atoms with Crippen molar-refractivity contribution in [3.8, 4) is 0 Å². The number of carbonyl (C=O) groups is 1. The Bertz CT molecular complexity index is 605. The van der Waals surface area contributed by atoms with Gasteiger partial charge in [-0.15, -0.1) is 3.89 Å². The van der Waals surface area contributed by atoms with Crippen LogP contribution in [0.3, 0.4) is 0 Å². The van der Waals surface area contributed by atoms with Crippen molar-refractivity contribution < 1.29 is 17.1 Å². The molecule has 1 fully saturated rings. The molecule has 5 nitrogen and oxygen atoms in total. The van der Waals surface area contributed by atoms with Crippen molar-refractivity contribution in [3.63, 3.8) is 0 Å². The largest absolute Gasteiger partial charge is 0.397 e. The van der Waals surface area contributed by atoms with Gasteiger partial charge in [0.25, 0.3) is 0 Å². The Hall–Kier alpha value is -1.15. The highest BCUT2D eigenvalue weighted by atomic mass is 79.9. The summed E-state index contributed by atoms with van der Waals surface area (Å²) in [6.45, 7) is -0.210. The van der Waals surface area contributed by atoms with Crippen molar-refractivity contribution >= 4 is 43.4 Å². The van der Waals surface area contributed by atoms with Crippen LogP contribution in [-0.4, -0.2) is 26.1 Å². The highest BCUT2D eigenvalue weighted by molar-refractivity contribution is 9.10. The molecule has 1 aliphatic rings. The van der Waals surface area contributed by atoms with Gasteiger partial charge in [0.15, 0.2) is 0 Å². The fourth-order valence-corrected chi connectivity index (χ4v) is 2.86. The number of hydrogen-bond donors (Lipinski definition) is 1. The van der Waals surface area contributed by atoms with Crippen LogP contribution in [0.1, 0.15) is 6.42 Å². The molecule has 98 valence electrons. The Morgan fingerprint density at radius 3 is 2.67 bits per heavy atom. The first-order valence-electron chi connectivity index (χ1n) is 5.08. The van der Waals surface area contributed by atoms with Gasteiger partial charge in [0.2, 0.25) is 5.91 Å². The molecule has 2 rings (SSSR count). The quantitative estimate of drug-likeness (QED) is 0.654. The van der Waals surface area contributed by atoms with Gasteiger partial charge in [-0.1, -0.05) is 15.9 Å². The van der Waals surface area contributed by atoms with Gasteiger partial charge in [-0.05, 0) is 18.2 Å². The third-order valence-electron chi connectivity index (χ3n) is 2.77. The van der Waals surface area contributed by atoms with Crippen molar-refractivity contribution in [1.82, 2.24) is 0 Å². The van der Waals surface area contributed by atoms with Gasteiger partial charge >= 0.3 is 10.2 Å². The molecular weight excluding hydrogens is 327 g/mol. The summed E-state index contributed by atoms with van der Waals surface area (Å²) in [5.74, 6) is -0.453. The van der Waals surface area contributed by atoms with E-state index in [1.165, 1.54) is 4.90 Å². The molecule has 1 saturated heterocycles. The molecule has 1 unspecified atom stereocenters. The summed E-state index contributed by atoms with van der Waals surface area (Å²) in [6, 6.07) is 4.88. The van der Waals surface area contributed by atoms with Crippen molar-refractivity contribution in [2.45, 2.75) is 11.7 Å². The average molecular weight is 337 g/mol. The Morgan fingerprint density at radius 2 is 2.11 bits per heavy atom. The predicted molar refractivity (Wildman–Crippen MR) is 69.3 cm³/mol.